The number of rotatable bonds is 10. The molecule has 0 saturated carbocycles. The molecular formula is C18H28N2O5S. The van der Waals surface area contributed by atoms with Crippen molar-refractivity contribution in [1.29, 1.82) is 0 Å². The van der Waals surface area contributed by atoms with Gasteiger partial charge in [0.15, 0.2) is 0 Å². The first-order valence-corrected chi connectivity index (χ1v) is 10.7. The number of nitrogens with one attached hydrogen (secondary N) is 1. The molecule has 0 bridgehead atoms. The summed E-state index contributed by atoms with van der Waals surface area (Å²) in [4.78, 5) is 12.0. The van der Waals surface area contributed by atoms with Gasteiger partial charge in [-0.15, -0.1) is 0 Å². The lowest BCUT2D eigenvalue weighted by molar-refractivity contribution is -0.121. The van der Waals surface area contributed by atoms with Crippen molar-refractivity contribution in [3.05, 3.63) is 29.8 Å². The molecule has 1 heterocycles. The van der Waals surface area contributed by atoms with Crippen molar-refractivity contribution < 1.29 is 22.7 Å². The number of carbonyl (C=O) groups excluding carboxylic acids is 1. The number of ether oxygens (including phenoxy) is 2. The average Bonchev–Trinajstić information content (AvgIpc) is 3.11. The van der Waals surface area contributed by atoms with Gasteiger partial charge in [-0.3, -0.25) is 4.79 Å². The third-order valence-electron chi connectivity index (χ3n) is 4.36. The van der Waals surface area contributed by atoms with Crippen molar-refractivity contribution in [3.8, 4) is 5.75 Å². The van der Waals surface area contributed by atoms with Gasteiger partial charge in [0, 0.05) is 32.7 Å². The molecule has 1 amide bonds. The predicted octanol–water partition coefficient (Wildman–Crippen LogP) is 1.18. The lowest BCUT2D eigenvalue weighted by atomic mass is 10.1. The summed E-state index contributed by atoms with van der Waals surface area (Å²) in [5, 5.41) is 2.84. The van der Waals surface area contributed by atoms with Crippen LogP contribution in [-0.4, -0.2) is 64.3 Å². The fraction of sp³-hybridized carbons (Fsp3) is 0.611. The largest absolute Gasteiger partial charge is 0.497 e. The van der Waals surface area contributed by atoms with Gasteiger partial charge < -0.3 is 14.8 Å². The van der Waals surface area contributed by atoms with Gasteiger partial charge in [0.1, 0.15) is 5.75 Å². The maximum absolute atomic E-state index is 12.0. The maximum Gasteiger partial charge on any atom is 0.221 e. The first-order chi connectivity index (χ1) is 12.4. The van der Waals surface area contributed by atoms with E-state index in [9.17, 15) is 13.2 Å². The Hall–Kier alpha value is -1.64. The van der Waals surface area contributed by atoms with Crippen molar-refractivity contribution in [1.82, 2.24) is 9.62 Å². The molecule has 1 fully saturated rings. The van der Waals surface area contributed by atoms with Gasteiger partial charge in [-0.05, 0) is 37.0 Å². The van der Waals surface area contributed by atoms with Crippen molar-refractivity contribution in [2.75, 3.05) is 39.6 Å². The van der Waals surface area contributed by atoms with E-state index in [1.807, 2.05) is 24.3 Å². The number of hydrogen-bond donors (Lipinski definition) is 1. The molecule has 7 nitrogen and oxygen atoms in total. The number of methoxy groups -OCH3 is 1. The second kappa shape index (κ2) is 9.89. The van der Waals surface area contributed by atoms with Gasteiger partial charge in [-0.1, -0.05) is 12.1 Å². The summed E-state index contributed by atoms with van der Waals surface area (Å²) in [7, 11) is -1.74. The second-order valence-electron chi connectivity index (χ2n) is 6.46. The van der Waals surface area contributed by atoms with Gasteiger partial charge >= 0.3 is 0 Å². The van der Waals surface area contributed by atoms with E-state index in [1.54, 1.807) is 7.11 Å². The fourth-order valence-electron chi connectivity index (χ4n) is 2.90. The smallest absolute Gasteiger partial charge is 0.221 e. The summed E-state index contributed by atoms with van der Waals surface area (Å²) in [6, 6.07) is 7.68. The molecule has 0 radical (unpaired) electrons. The Morgan fingerprint density at radius 3 is 2.88 bits per heavy atom. The first-order valence-electron chi connectivity index (χ1n) is 8.85. The Kier molecular flexibility index (Phi) is 7.86. The van der Waals surface area contributed by atoms with E-state index < -0.39 is 10.0 Å². The number of nitrogens with zero attached hydrogens (tertiary/aromatic N) is 1. The van der Waals surface area contributed by atoms with Crippen LogP contribution in [0.5, 0.6) is 5.75 Å². The predicted molar refractivity (Wildman–Crippen MR) is 99.7 cm³/mol. The molecular weight excluding hydrogens is 356 g/mol. The summed E-state index contributed by atoms with van der Waals surface area (Å²) in [6.45, 7) is 1.66. The third kappa shape index (κ3) is 6.93. The molecule has 1 unspecified atom stereocenters. The van der Waals surface area contributed by atoms with Crippen LogP contribution in [0, 0.1) is 0 Å². The first kappa shape index (κ1) is 20.7. The topological polar surface area (TPSA) is 84.9 Å². The average molecular weight is 384 g/mol. The number of sulfonamides is 1. The van der Waals surface area contributed by atoms with Crippen molar-refractivity contribution in [2.45, 2.75) is 31.8 Å². The lowest BCUT2D eigenvalue weighted by Gasteiger charge is -2.22. The van der Waals surface area contributed by atoms with E-state index >= 15 is 0 Å². The Bertz CT molecular complexity index is 687. The zero-order valence-corrected chi connectivity index (χ0v) is 16.3. The summed E-state index contributed by atoms with van der Waals surface area (Å²) < 4.78 is 35.8. The number of hydrogen-bond acceptors (Lipinski definition) is 5. The van der Waals surface area contributed by atoms with Crippen molar-refractivity contribution in [2.24, 2.45) is 0 Å². The minimum absolute atomic E-state index is 0.0687. The molecule has 8 heteroatoms. The van der Waals surface area contributed by atoms with Crippen LogP contribution in [0.25, 0.3) is 0 Å². The maximum atomic E-state index is 12.0. The van der Waals surface area contributed by atoms with Crippen LogP contribution in [0.4, 0.5) is 0 Å². The van der Waals surface area contributed by atoms with E-state index in [2.05, 4.69) is 5.32 Å². The summed E-state index contributed by atoms with van der Waals surface area (Å²) in [6.07, 6.45) is 3.74. The molecule has 0 aromatic heterocycles. The summed E-state index contributed by atoms with van der Waals surface area (Å²) in [5.41, 5.74) is 1.07. The van der Waals surface area contributed by atoms with E-state index in [4.69, 9.17) is 9.47 Å². The number of amides is 1. The van der Waals surface area contributed by atoms with Crippen LogP contribution in [0.2, 0.25) is 0 Å². The van der Waals surface area contributed by atoms with Crippen molar-refractivity contribution >= 4 is 15.9 Å². The SMILES string of the molecule is COc1cccc(CCNC(=O)CCN(CC2CCCO2)S(C)(=O)=O)c1. The van der Waals surface area contributed by atoms with Gasteiger partial charge in [-0.2, -0.15) is 4.31 Å². The van der Waals surface area contributed by atoms with Gasteiger partial charge in [0.2, 0.25) is 15.9 Å². The van der Waals surface area contributed by atoms with Gasteiger partial charge in [-0.25, -0.2) is 8.42 Å². The molecule has 1 atom stereocenters. The molecule has 2 rings (SSSR count). The van der Waals surface area contributed by atoms with E-state index in [0.29, 0.717) is 26.1 Å². The summed E-state index contributed by atoms with van der Waals surface area (Å²) in [5.74, 6) is 0.626. The molecule has 1 aliphatic heterocycles. The van der Waals surface area contributed by atoms with Crippen LogP contribution < -0.4 is 10.1 Å². The van der Waals surface area contributed by atoms with Gasteiger partial charge in [0.05, 0.1) is 19.5 Å². The normalized spacial score (nSPS) is 17.4. The van der Waals surface area contributed by atoms with E-state index in [0.717, 1.165) is 24.2 Å². The van der Waals surface area contributed by atoms with Crippen LogP contribution in [-0.2, 0) is 26.0 Å². The minimum Gasteiger partial charge on any atom is -0.497 e. The molecule has 0 aliphatic carbocycles. The fourth-order valence-corrected chi connectivity index (χ4v) is 3.76. The van der Waals surface area contributed by atoms with Crippen LogP contribution in [0.3, 0.4) is 0 Å². The Morgan fingerprint density at radius 2 is 2.23 bits per heavy atom. The highest BCUT2D eigenvalue weighted by atomic mass is 32.2. The monoisotopic (exact) mass is 384 g/mol. The highest BCUT2D eigenvalue weighted by Gasteiger charge is 2.25. The highest BCUT2D eigenvalue weighted by molar-refractivity contribution is 7.88. The molecule has 1 aliphatic rings. The molecule has 0 spiro atoms. The number of carbonyl (C=O) groups is 1. The highest BCUT2D eigenvalue weighted by Crippen LogP contribution is 2.15. The quantitative estimate of drug-likeness (QED) is 0.655. The van der Waals surface area contributed by atoms with E-state index in [1.165, 1.54) is 10.6 Å². The minimum atomic E-state index is -3.36. The van der Waals surface area contributed by atoms with Crippen LogP contribution >= 0.6 is 0 Å². The van der Waals surface area contributed by atoms with Crippen LogP contribution in [0.1, 0.15) is 24.8 Å². The van der Waals surface area contributed by atoms with Gasteiger partial charge in [0.25, 0.3) is 0 Å². The molecule has 26 heavy (non-hydrogen) atoms. The molecule has 1 aromatic carbocycles. The Labute approximate surface area is 155 Å². The van der Waals surface area contributed by atoms with Crippen molar-refractivity contribution in [3.63, 3.8) is 0 Å². The summed E-state index contributed by atoms with van der Waals surface area (Å²) >= 11 is 0. The molecule has 1 aromatic rings. The Morgan fingerprint density at radius 1 is 1.42 bits per heavy atom. The Balaban J connectivity index is 1.74. The molecule has 1 saturated heterocycles. The zero-order chi connectivity index (χ0) is 19.0. The lowest BCUT2D eigenvalue weighted by Crippen LogP contribution is -2.39. The number of benzene rings is 1. The standard InChI is InChI=1S/C18H28N2O5S/c1-24-16-6-3-5-15(13-16)8-10-19-18(21)9-11-20(26(2,22)23)14-17-7-4-12-25-17/h3,5-6,13,17H,4,7-12,14H2,1-2H3,(H,19,21). The second-order valence-corrected chi connectivity index (χ2v) is 8.44. The van der Waals surface area contributed by atoms with Crippen LogP contribution in [0.15, 0.2) is 24.3 Å². The van der Waals surface area contributed by atoms with E-state index in [-0.39, 0.29) is 25.0 Å². The molecule has 146 valence electrons. The molecule has 1 N–H and O–H groups in total. The zero-order valence-electron chi connectivity index (χ0n) is 15.4. The third-order valence-corrected chi connectivity index (χ3v) is 5.63.